The molecule has 2 heterocycles. The van der Waals surface area contributed by atoms with Gasteiger partial charge < -0.3 is 15.0 Å². The Labute approximate surface area is 175 Å². The molecular weight excluding hydrogens is 399 g/mol. The Morgan fingerprint density at radius 3 is 2.83 bits per heavy atom. The Morgan fingerprint density at radius 2 is 2.10 bits per heavy atom. The molecule has 0 spiro atoms. The number of halogens is 2. The summed E-state index contributed by atoms with van der Waals surface area (Å²) < 4.78 is 18.6. The summed E-state index contributed by atoms with van der Waals surface area (Å²) in [4.78, 5) is 31.1. The maximum Gasteiger partial charge on any atom is 0.237 e. The van der Waals surface area contributed by atoms with E-state index < -0.39 is 11.9 Å². The second-order valence-corrected chi connectivity index (χ2v) is 7.89. The quantitative estimate of drug-likeness (QED) is 0.703. The molecule has 2 amide bonds. The van der Waals surface area contributed by atoms with Crippen molar-refractivity contribution in [1.82, 2.24) is 20.0 Å². The fraction of sp³-hybridized carbons (Fsp3) is 0.600. The lowest BCUT2D eigenvalue weighted by atomic mass is 10.1. The minimum Gasteiger partial charge on any atom is -0.379 e. The van der Waals surface area contributed by atoms with Gasteiger partial charge in [-0.1, -0.05) is 17.7 Å². The lowest BCUT2D eigenvalue weighted by molar-refractivity contribution is -0.138. The summed E-state index contributed by atoms with van der Waals surface area (Å²) in [5.41, 5.74) is 0.737. The van der Waals surface area contributed by atoms with Crippen molar-refractivity contribution in [2.24, 2.45) is 0 Å². The third-order valence-corrected chi connectivity index (χ3v) is 5.83. The second kappa shape index (κ2) is 10.3. The number of hydrogen-bond acceptors (Lipinski definition) is 5. The van der Waals surface area contributed by atoms with Crippen molar-refractivity contribution in [2.45, 2.75) is 19.0 Å². The first kappa shape index (κ1) is 22.0. The van der Waals surface area contributed by atoms with Gasteiger partial charge in [-0.15, -0.1) is 0 Å². The van der Waals surface area contributed by atoms with Crippen molar-refractivity contribution < 1.29 is 18.7 Å². The highest BCUT2D eigenvalue weighted by Gasteiger charge is 2.32. The molecule has 1 N–H and O–H groups in total. The molecule has 2 aliphatic heterocycles. The zero-order chi connectivity index (χ0) is 20.8. The Hall–Kier alpha value is -1.74. The number of piperazine rings is 1. The summed E-state index contributed by atoms with van der Waals surface area (Å²) in [6.45, 7) is 6.10. The van der Waals surface area contributed by atoms with E-state index in [1.807, 2.05) is 4.90 Å². The van der Waals surface area contributed by atoms with Gasteiger partial charge in [-0.2, -0.15) is 0 Å². The molecule has 0 aliphatic carbocycles. The van der Waals surface area contributed by atoms with Crippen LogP contribution in [0.15, 0.2) is 18.2 Å². The molecule has 7 nitrogen and oxygen atoms in total. The summed E-state index contributed by atoms with van der Waals surface area (Å²) in [7, 11) is 1.77. The highest BCUT2D eigenvalue weighted by atomic mass is 35.5. The molecule has 3 rings (SSSR count). The molecule has 0 aromatic heterocycles. The SMILES string of the molecule is CN(CCN1CCOCC1)C(=O)CC1C(=O)NCCN1Cc1ccc(F)cc1Cl. The van der Waals surface area contributed by atoms with Crippen molar-refractivity contribution in [1.29, 1.82) is 0 Å². The van der Waals surface area contributed by atoms with Crippen LogP contribution in [0.4, 0.5) is 4.39 Å². The van der Waals surface area contributed by atoms with Crippen LogP contribution in [0, 0.1) is 5.82 Å². The number of rotatable bonds is 7. The van der Waals surface area contributed by atoms with Crippen molar-refractivity contribution in [3.05, 3.63) is 34.6 Å². The highest BCUT2D eigenvalue weighted by molar-refractivity contribution is 6.31. The number of likely N-dealkylation sites (N-methyl/N-ethyl adjacent to an activating group) is 1. The van der Waals surface area contributed by atoms with Gasteiger partial charge in [-0.05, 0) is 17.7 Å². The van der Waals surface area contributed by atoms with Crippen LogP contribution in [0.25, 0.3) is 0 Å². The van der Waals surface area contributed by atoms with Crippen LogP contribution in [-0.2, 0) is 20.9 Å². The number of morpholine rings is 1. The molecule has 2 fully saturated rings. The minimum atomic E-state index is -0.566. The van der Waals surface area contributed by atoms with Gasteiger partial charge >= 0.3 is 0 Å². The number of hydrogen-bond donors (Lipinski definition) is 1. The van der Waals surface area contributed by atoms with Gasteiger partial charge in [0.05, 0.1) is 25.7 Å². The van der Waals surface area contributed by atoms with Gasteiger partial charge in [0, 0.05) is 57.9 Å². The molecule has 1 atom stereocenters. The zero-order valence-electron chi connectivity index (χ0n) is 16.7. The molecule has 0 radical (unpaired) electrons. The third-order valence-electron chi connectivity index (χ3n) is 5.48. The molecule has 160 valence electrons. The van der Waals surface area contributed by atoms with E-state index in [4.69, 9.17) is 16.3 Å². The Bertz CT molecular complexity index is 730. The molecule has 29 heavy (non-hydrogen) atoms. The Morgan fingerprint density at radius 1 is 1.34 bits per heavy atom. The van der Waals surface area contributed by atoms with Gasteiger partial charge in [0.25, 0.3) is 0 Å². The van der Waals surface area contributed by atoms with Crippen molar-refractivity contribution in [3.63, 3.8) is 0 Å². The number of benzene rings is 1. The number of carbonyl (C=O) groups excluding carboxylic acids is 2. The van der Waals surface area contributed by atoms with Crippen molar-refractivity contribution in [2.75, 3.05) is 59.5 Å². The summed E-state index contributed by atoms with van der Waals surface area (Å²) in [5.74, 6) is -0.635. The smallest absolute Gasteiger partial charge is 0.237 e. The van der Waals surface area contributed by atoms with E-state index in [1.54, 1.807) is 18.0 Å². The number of carbonyl (C=O) groups is 2. The number of amides is 2. The molecular formula is C20H28ClFN4O3. The number of ether oxygens (including phenoxy) is 1. The van der Waals surface area contributed by atoms with Crippen LogP contribution in [0.2, 0.25) is 5.02 Å². The van der Waals surface area contributed by atoms with Crippen molar-refractivity contribution >= 4 is 23.4 Å². The summed E-state index contributed by atoms with van der Waals surface area (Å²) in [5, 5.41) is 3.16. The molecule has 1 aromatic rings. The van der Waals surface area contributed by atoms with Crippen LogP contribution < -0.4 is 5.32 Å². The predicted octanol–water partition coefficient (Wildman–Crippen LogP) is 0.960. The first-order valence-electron chi connectivity index (χ1n) is 9.94. The Kier molecular flexibility index (Phi) is 7.83. The van der Waals surface area contributed by atoms with Gasteiger partial charge in [0.1, 0.15) is 5.82 Å². The Balaban J connectivity index is 1.57. The van der Waals surface area contributed by atoms with E-state index in [0.29, 0.717) is 31.2 Å². The van der Waals surface area contributed by atoms with E-state index in [1.165, 1.54) is 12.1 Å². The van der Waals surface area contributed by atoms with Gasteiger partial charge in [-0.25, -0.2) is 4.39 Å². The van der Waals surface area contributed by atoms with E-state index in [-0.39, 0.29) is 18.2 Å². The normalized spacial score (nSPS) is 21.1. The molecule has 2 aliphatic rings. The fourth-order valence-corrected chi connectivity index (χ4v) is 3.83. The number of nitrogens with zero attached hydrogens (tertiary/aromatic N) is 3. The zero-order valence-corrected chi connectivity index (χ0v) is 17.5. The minimum absolute atomic E-state index is 0.0736. The monoisotopic (exact) mass is 426 g/mol. The predicted molar refractivity (Wildman–Crippen MR) is 108 cm³/mol. The van der Waals surface area contributed by atoms with Crippen LogP contribution in [0.3, 0.4) is 0 Å². The van der Waals surface area contributed by atoms with Gasteiger partial charge in [0.2, 0.25) is 11.8 Å². The average molecular weight is 427 g/mol. The maximum atomic E-state index is 13.3. The van der Waals surface area contributed by atoms with Gasteiger partial charge in [0.15, 0.2) is 0 Å². The summed E-state index contributed by atoms with van der Waals surface area (Å²) >= 11 is 6.15. The fourth-order valence-electron chi connectivity index (χ4n) is 3.60. The maximum absolute atomic E-state index is 13.3. The van der Waals surface area contributed by atoms with E-state index in [0.717, 1.165) is 38.4 Å². The van der Waals surface area contributed by atoms with E-state index in [2.05, 4.69) is 10.2 Å². The molecule has 0 bridgehead atoms. The first-order valence-corrected chi connectivity index (χ1v) is 10.3. The second-order valence-electron chi connectivity index (χ2n) is 7.49. The largest absolute Gasteiger partial charge is 0.379 e. The van der Waals surface area contributed by atoms with Crippen molar-refractivity contribution in [3.8, 4) is 0 Å². The summed E-state index contributed by atoms with van der Waals surface area (Å²) in [6.07, 6.45) is 0.101. The first-order chi connectivity index (χ1) is 13.9. The van der Waals surface area contributed by atoms with Crippen LogP contribution in [-0.4, -0.2) is 92.1 Å². The molecule has 1 unspecified atom stereocenters. The molecule has 9 heteroatoms. The standard InChI is InChI=1S/C20H28ClFN4O3/c1-24(6-7-25-8-10-29-11-9-25)19(27)13-18-20(28)23-4-5-26(18)14-15-2-3-16(22)12-17(15)21/h2-3,12,18H,4-11,13-14H2,1H3,(H,23,28). The third kappa shape index (κ3) is 6.12. The topological polar surface area (TPSA) is 65.1 Å². The average Bonchev–Trinajstić information content (AvgIpc) is 2.71. The van der Waals surface area contributed by atoms with Crippen LogP contribution >= 0.6 is 11.6 Å². The number of nitrogens with one attached hydrogen (secondary N) is 1. The molecule has 0 saturated carbocycles. The van der Waals surface area contributed by atoms with Crippen LogP contribution in [0.5, 0.6) is 0 Å². The van der Waals surface area contributed by atoms with Gasteiger partial charge in [-0.3, -0.25) is 19.4 Å². The van der Waals surface area contributed by atoms with E-state index in [9.17, 15) is 14.0 Å². The van der Waals surface area contributed by atoms with E-state index >= 15 is 0 Å². The highest BCUT2D eigenvalue weighted by Crippen LogP contribution is 2.22. The molecule has 1 aromatic carbocycles. The van der Waals surface area contributed by atoms with Crippen LogP contribution in [0.1, 0.15) is 12.0 Å². The lowest BCUT2D eigenvalue weighted by Gasteiger charge is -2.36. The lowest BCUT2D eigenvalue weighted by Crippen LogP contribution is -2.56. The molecule has 2 saturated heterocycles. The summed E-state index contributed by atoms with van der Waals surface area (Å²) in [6, 6.07) is 3.67.